The molecule has 0 aromatic rings. The van der Waals surface area contributed by atoms with Crippen LogP contribution in [0.1, 0.15) is 26.2 Å². The molecule has 116 valence electrons. The molecule has 1 saturated heterocycles. The van der Waals surface area contributed by atoms with Crippen LogP contribution in [-0.4, -0.2) is 67.6 Å². The van der Waals surface area contributed by atoms with Crippen molar-refractivity contribution in [3.8, 4) is 0 Å². The molecule has 7 nitrogen and oxygen atoms in total. The highest BCUT2D eigenvalue weighted by atomic mass is 16.5. The summed E-state index contributed by atoms with van der Waals surface area (Å²) in [4.78, 5) is 24.1. The number of carbonyl (C=O) groups excluding carboxylic acids is 1. The van der Waals surface area contributed by atoms with Gasteiger partial charge in [0.05, 0.1) is 6.10 Å². The summed E-state index contributed by atoms with van der Waals surface area (Å²) in [6.07, 6.45) is 2.06. The molecule has 1 heterocycles. The van der Waals surface area contributed by atoms with Crippen molar-refractivity contribution in [2.24, 2.45) is 0 Å². The normalized spacial score (nSPS) is 17.8. The van der Waals surface area contributed by atoms with Crippen molar-refractivity contribution in [2.75, 3.05) is 33.4 Å². The van der Waals surface area contributed by atoms with Gasteiger partial charge in [0.2, 0.25) is 0 Å². The van der Waals surface area contributed by atoms with E-state index in [0.29, 0.717) is 32.5 Å². The summed E-state index contributed by atoms with van der Waals surface area (Å²) in [6.45, 7) is 3.47. The number of carboxylic acids is 1. The number of likely N-dealkylation sites (tertiary alicyclic amines) is 1. The van der Waals surface area contributed by atoms with Crippen LogP contribution in [0.25, 0.3) is 0 Å². The predicted octanol–water partition coefficient (Wildman–Crippen LogP) is 0.687. The van der Waals surface area contributed by atoms with Gasteiger partial charge in [0.15, 0.2) is 0 Å². The van der Waals surface area contributed by atoms with E-state index < -0.39 is 5.97 Å². The van der Waals surface area contributed by atoms with Crippen molar-refractivity contribution >= 4 is 12.0 Å². The summed E-state index contributed by atoms with van der Waals surface area (Å²) < 4.78 is 10.2. The van der Waals surface area contributed by atoms with E-state index in [0.717, 1.165) is 6.42 Å². The third kappa shape index (κ3) is 6.21. The molecule has 20 heavy (non-hydrogen) atoms. The van der Waals surface area contributed by atoms with Crippen LogP contribution in [0.15, 0.2) is 0 Å². The van der Waals surface area contributed by atoms with Crippen LogP contribution in [0, 0.1) is 0 Å². The first-order chi connectivity index (χ1) is 9.52. The van der Waals surface area contributed by atoms with E-state index in [1.54, 1.807) is 12.0 Å². The number of ether oxygens (including phenoxy) is 2. The van der Waals surface area contributed by atoms with E-state index in [2.05, 4.69) is 5.32 Å². The van der Waals surface area contributed by atoms with E-state index >= 15 is 0 Å². The lowest BCUT2D eigenvalue weighted by molar-refractivity contribution is -0.145. The fourth-order valence-corrected chi connectivity index (χ4v) is 2.08. The Labute approximate surface area is 119 Å². The maximum absolute atomic E-state index is 12.0. The second-order valence-corrected chi connectivity index (χ2v) is 5.02. The number of carbonyl (C=O) groups is 2. The van der Waals surface area contributed by atoms with Crippen molar-refractivity contribution in [3.05, 3.63) is 0 Å². The van der Waals surface area contributed by atoms with Crippen LogP contribution in [-0.2, 0) is 14.3 Å². The molecule has 1 fully saturated rings. The summed E-state index contributed by atoms with van der Waals surface area (Å²) in [5.41, 5.74) is 0. The number of hydrogen-bond acceptors (Lipinski definition) is 4. The molecular weight excluding hydrogens is 264 g/mol. The highest BCUT2D eigenvalue weighted by Gasteiger charge is 2.24. The zero-order valence-electron chi connectivity index (χ0n) is 12.1. The summed E-state index contributed by atoms with van der Waals surface area (Å²) in [5.74, 6) is -0.961. The number of nitrogens with zero attached hydrogens (tertiary/aromatic N) is 1. The molecule has 1 aliphatic heterocycles. The first-order valence-corrected chi connectivity index (χ1v) is 6.90. The molecule has 1 rings (SSSR count). The lowest BCUT2D eigenvalue weighted by Gasteiger charge is -2.32. The summed E-state index contributed by atoms with van der Waals surface area (Å²) >= 11 is 0. The maximum Gasteiger partial charge on any atom is 0.329 e. The monoisotopic (exact) mass is 288 g/mol. The number of rotatable bonds is 7. The van der Waals surface area contributed by atoms with Crippen molar-refractivity contribution < 1.29 is 24.2 Å². The van der Waals surface area contributed by atoms with Gasteiger partial charge >= 0.3 is 12.0 Å². The van der Waals surface area contributed by atoms with Gasteiger partial charge in [-0.25, -0.2) is 9.59 Å². The minimum absolute atomic E-state index is 0.0685. The van der Waals surface area contributed by atoms with Gasteiger partial charge in [0.25, 0.3) is 0 Å². The first-order valence-electron chi connectivity index (χ1n) is 6.90. The van der Waals surface area contributed by atoms with Crippen LogP contribution >= 0.6 is 0 Å². The Kier molecular flexibility index (Phi) is 7.32. The Hall–Kier alpha value is -1.34. The lowest BCUT2D eigenvalue weighted by atomic mass is 10.1. The molecule has 0 aromatic heterocycles. The van der Waals surface area contributed by atoms with Crippen molar-refractivity contribution in [2.45, 2.75) is 38.3 Å². The van der Waals surface area contributed by atoms with E-state index in [4.69, 9.17) is 14.6 Å². The smallest absolute Gasteiger partial charge is 0.329 e. The van der Waals surface area contributed by atoms with E-state index in [1.165, 1.54) is 0 Å². The second-order valence-electron chi connectivity index (χ2n) is 5.02. The SMILES string of the molecule is COCCC(C)NC(=O)N1CCC(OCC(=O)O)CC1. The lowest BCUT2D eigenvalue weighted by Crippen LogP contribution is -2.48. The molecule has 0 radical (unpaired) electrons. The number of piperidine rings is 1. The molecule has 7 heteroatoms. The average Bonchev–Trinajstić information content (AvgIpc) is 2.43. The predicted molar refractivity (Wildman–Crippen MR) is 72.7 cm³/mol. The first kappa shape index (κ1) is 16.7. The average molecular weight is 288 g/mol. The standard InChI is InChI=1S/C13H24N2O5/c1-10(5-8-19-2)14-13(18)15-6-3-11(4-7-15)20-9-12(16)17/h10-11H,3-9H2,1-2H3,(H,14,18)(H,16,17). The minimum Gasteiger partial charge on any atom is -0.480 e. The van der Waals surface area contributed by atoms with E-state index in [-0.39, 0.29) is 24.8 Å². The number of aliphatic carboxylic acids is 1. The summed E-state index contributed by atoms with van der Waals surface area (Å²) in [7, 11) is 1.64. The number of nitrogens with one attached hydrogen (secondary N) is 1. The van der Waals surface area contributed by atoms with Gasteiger partial charge in [-0.05, 0) is 26.2 Å². The molecule has 0 bridgehead atoms. The Morgan fingerprint density at radius 2 is 2.05 bits per heavy atom. The molecular formula is C13H24N2O5. The number of carboxylic acid groups (broad SMARTS) is 1. The Balaban J connectivity index is 2.23. The van der Waals surface area contributed by atoms with Crippen LogP contribution in [0.4, 0.5) is 4.79 Å². The highest BCUT2D eigenvalue weighted by molar-refractivity contribution is 5.74. The largest absolute Gasteiger partial charge is 0.480 e. The highest BCUT2D eigenvalue weighted by Crippen LogP contribution is 2.13. The Morgan fingerprint density at radius 3 is 2.60 bits per heavy atom. The number of urea groups is 1. The zero-order chi connectivity index (χ0) is 15.0. The topological polar surface area (TPSA) is 88.1 Å². The quantitative estimate of drug-likeness (QED) is 0.719. The molecule has 0 aromatic carbocycles. The fourth-order valence-electron chi connectivity index (χ4n) is 2.08. The molecule has 0 spiro atoms. The second kappa shape index (κ2) is 8.76. The van der Waals surface area contributed by atoms with Gasteiger partial charge in [-0.15, -0.1) is 0 Å². The van der Waals surface area contributed by atoms with Gasteiger partial charge in [0.1, 0.15) is 6.61 Å². The summed E-state index contributed by atoms with van der Waals surface area (Å²) in [6, 6.07) is -0.00581. The van der Waals surface area contributed by atoms with Gasteiger partial charge in [-0.1, -0.05) is 0 Å². The van der Waals surface area contributed by atoms with Crippen molar-refractivity contribution in [1.29, 1.82) is 0 Å². The molecule has 1 atom stereocenters. The zero-order valence-corrected chi connectivity index (χ0v) is 12.1. The van der Waals surface area contributed by atoms with Gasteiger partial charge in [-0.2, -0.15) is 0 Å². The van der Waals surface area contributed by atoms with E-state index in [1.807, 2.05) is 6.92 Å². The third-order valence-corrected chi connectivity index (χ3v) is 3.30. The van der Waals surface area contributed by atoms with Crippen LogP contribution < -0.4 is 5.32 Å². The Bertz CT molecular complexity index is 316. The maximum atomic E-state index is 12.0. The number of methoxy groups -OCH3 is 1. The van der Waals surface area contributed by atoms with Gasteiger partial charge < -0.3 is 24.8 Å². The van der Waals surface area contributed by atoms with Crippen LogP contribution in [0.5, 0.6) is 0 Å². The van der Waals surface area contributed by atoms with E-state index in [9.17, 15) is 9.59 Å². The molecule has 0 aliphatic carbocycles. The molecule has 0 saturated carbocycles. The number of amides is 2. The van der Waals surface area contributed by atoms with Crippen molar-refractivity contribution in [3.63, 3.8) is 0 Å². The molecule has 2 N–H and O–H groups in total. The molecule has 1 unspecified atom stereocenters. The fraction of sp³-hybridized carbons (Fsp3) is 0.846. The molecule has 1 aliphatic rings. The van der Waals surface area contributed by atoms with Crippen LogP contribution in [0.2, 0.25) is 0 Å². The molecule has 2 amide bonds. The number of hydrogen-bond donors (Lipinski definition) is 2. The van der Waals surface area contributed by atoms with Crippen LogP contribution in [0.3, 0.4) is 0 Å². The third-order valence-electron chi connectivity index (χ3n) is 3.30. The summed E-state index contributed by atoms with van der Waals surface area (Å²) in [5, 5.41) is 11.5. The Morgan fingerprint density at radius 1 is 1.40 bits per heavy atom. The van der Waals surface area contributed by atoms with Crippen molar-refractivity contribution in [1.82, 2.24) is 10.2 Å². The van der Waals surface area contributed by atoms with Gasteiger partial charge in [0, 0.05) is 32.8 Å². The van der Waals surface area contributed by atoms with Gasteiger partial charge in [-0.3, -0.25) is 0 Å². The minimum atomic E-state index is -0.961.